The summed E-state index contributed by atoms with van der Waals surface area (Å²) in [6, 6.07) is 20.6. The number of esters is 1. The highest BCUT2D eigenvalue weighted by Crippen LogP contribution is 2.43. The van der Waals surface area contributed by atoms with Crippen LogP contribution in [0.5, 0.6) is 5.75 Å². The first-order valence-electron chi connectivity index (χ1n) is 13.3. The van der Waals surface area contributed by atoms with Gasteiger partial charge in [-0.3, -0.25) is 9.59 Å². The van der Waals surface area contributed by atoms with Gasteiger partial charge < -0.3 is 19.3 Å². The Morgan fingerprint density at radius 1 is 1.02 bits per heavy atom. The second-order valence-electron chi connectivity index (χ2n) is 9.87. The number of nitrogens with zero attached hydrogens (tertiary/aromatic N) is 2. The van der Waals surface area contributed by atoms with Gasteiger partial charge in [0.15, 0.2) is 6.10 Å². The number of benzene rings is 3. The maximum Gasteiger partial charge on any atom is 0.416 e. The summed E-state index contributed by atoms with van der Waals surface area (Å²) in [4.78, 5) is 30.7. The number of methoxy groups -OCH3 is 1. The van der Waals surface area contributed by atoms with Crippen LogP contribution in [0.15, 0.2) is 77.7 Å². The monoisotopic (exact) mass is 586 g/mol. The van der Waals surface area contributed by atoms with Gasteiger partial charge in [0.1, 0.15) is 5.75 Å². The number of likely N-dealkylation sites (N-methyl/N-ethyl adjacent to an activating group) is 1. The molecule has 0 saturated heterocycles. The Kier molecular flexibility index (Phi) is 9.99. The fourth-order valence-electron chi connectivity index (χ4n) is 4.98. The molecule has 3 aromatic rings. The number of halogens is 3. The van der Waals surface area contributed by atoms with E-state index in [4.69, 9.17) is 9.47 Å². The molecule has 0 saturated carbocycles. The van der Waals surface area contributed by atoms with E-state index in [1.54, 1.807) is 36.0 Å². The molecule has 0 aromatic heterocycles. The normalized spacial score (nSPS) is 17.2. The molecule has 41 heavy (non-hydrogen) atoms. The van der Waals surface area contributed by atoms with Crippen LogP contribution in [0.3, 0.4) is 0 Å². The average molecular weight is 587 g/mol. The van der Waals surface area contributed by atoms with E-state index in [9.17, 15) is 22.8 Å². The number of alkyl halides is 3. The zero-order chi connectivity index (χ0) is 29.6. The highest BCUT2D eigenvalue weighted by Gasteiger charge is 2.44. The summed E-state index contributed by atoms with van der Waals surface area (Å²) < 4.78 is 53.5. The first-order chi connectivity index (χ1) is 19.6. The molecule has 0 radical (unpaired) electrons. The fourth-order valence-corrected chi connectivity index (χ4v) is 5.97. The molecular weight excluding hydrogens is 553 g/mol. The molecular formula is C31H33F3N2O4S. The van der Waals surface area contributed by atoms with Crippen LogP contribution in [0.1, 0.15) is 29.5 Å². The molecule has 218 valence electrons. The molecule has 1 heterocycles. The smallest absolute Gasteiger partial charge is 0.416 e. The Bertz CT molecular complexity index is 1340. The van der Waals surface area contributed by atoms with Gasteiger partial charge in [0, 0.05) is 48.8 Å². The van der Waals surface area contributed by atoms with Crippen molar-refractivity contribution < 1.29 is 32.2 Å². The molecule has 0 aliphatic carbocycles. The summed E-state index contributed by atoms with van der Waals surface area (Å²) >= 11 is 1.70. The molecule has 0 N–H and O–H groups in total. The van der Waals surface area contributed by atoms with Gasteiger partial charge in [0.05, 0.1) is 12.7 Å². The molecule has 4 rings (SSSR count). The van der Waals surface area contributed by atoms with Gasteiger partial charge in [-0.05, 0) is 61.0 Å². The van der Waals surface area contributed by atoms with Crippen molar-refractivity contribution in [1.29, 1.82) is 0 Å². The molecule has 0 spiro atoms. The van der Waals surface area contributed by atoms with Crippen molar-refractivity contribution in [2.45, 2.75) is 36.4 Å². The number of rotatable bonds is 10. The summed E-state index contributed by atoms with van der Waals surface area (Å²) in [5, 5.41) is 0. The lowest BCUT2D eigenvalue weighted by Gasteiger charge is -2.29. The van der Waals surface area contributed by atoms with E-state index in [2.05, 4.69) is 0 Å². The number of hydrogen-bond acceptors (Lipinski definition) is 6. The molecule has 1 amide bonds. The van der Waals surface area contributed by atoms with E-state index in [1.807, 2.05) is 42.3 Å². The van der Waals surface area contributed by atoms with E-state index in [0.29, 0.717) is 24.4 Å². The maximum atomic E-state index is 14.2. The van der Waals surface area contributed by atoms with E-state index >= 15 is 0 Å². The van der Waals surface area contributed by atoms with Crippen LogP contribution < -0.4 is 9.64 Å². The topological polar surface area (TPSA) is 59.1 Å². The lowest BCUT2D eigenvalue weighted by molar-refractivity contribution is -0.154. The van der Waals surface area contributed by atoms with E-state index in [1.165, 1.54) is 31.1 Å². The minimum absolute atomic E-state index is 0.00565. The number of carbonyl (C=O) groups is 2. The molecule has 0 unspecified atom stereocenters. The predicted molar refractivity (Wildman–Crippen MR) is 153 cm³/mol. The van der Waals surface area contributed by atoms with Gasteiger partial charge >= 0.3 is 12.1 Å². The van der Waals surface area contributed by atoms with Gasteiger partial charge in [-0.25, -0.2) is 0 Å². The third-order valence-electron chi connectivity index (χ3n) is 7.07. The highest BCUT2D eigenvalue weighted by molar-refractivity contribution is 7.99. The van der Waals surface area contributed by atoms with Crippen molar-refractivity contribution in [2.75, 3.05) is 44.4 Å². The summed E-state index contributed by atoms with van der Waals surface area (Å²) in [6.07, 6.45) is -6.06. The van der Waals surface area contributed by atoms with Crippen molar-refractivity contribution in [3.05, 3.63) is 89.5 Å². The molecule has 1 aliphatic heterocycles. The van der Waals surface area contributed by atoms with Crippen molar-refractivity contribution in [2.24, 2.45) is 0 Å². The molecule has 2 atom stereocenters. The lowest BCUT2D eigenvalue weighted by atomic mass is 9.86. The molecule has 10 heteroatoms. The van der Waals surface area contributed by atoms with Crippen LogP contribution in [0.4, 0.5) is 18.9 Å². The Labute approximate surface area is 242 Å². The summed E-state index contributed by atoms with van der Waals surface area (Å²) in [5.41, 5.74) is -0.0382. The van der Waals surface area contributed by atoms with Crippen molar-refractivity contribution in [3.8, 4) is 5.75 Å². The highest BCUT2D eigenvalue weighted by atomic mass is 32.2. The number of carbonyl (C=O) groups excluding carboxylic acids is 2. The number of thioether (sulfide) groups is 1. The van der Waals surface area contributed by atoms with Crippen LogP contribution >= 0.6 is 11.8 Å². The summed E-state index contributed by atoms with van der Waals surface area (Å²) in [6.45, 7) is 2.45. The molecule has 3 aromatic carbocycles. The minimum Gasteiger partial charge on any atom is -0.497 e. The minimum atomic E-state index is -4.63. The number of amides is 1. The quantitative estimate of drug-likeness (QED) is 0.213. The van der Waals surface area contributed by atoms with Crippen LogP contribution in [0.25, 0.3) is 0 Å². The third kappa shape index (κ3) is 7.62. The van der Waals surface area contributed by atoms with Crippen LogP contribution in [0, 0.1) is 0 Å². The second-order valence-corrected chi connectivity index (χ2v) is 11.0. The Hall–Kier alpha value is -3.50. The van der Waals surface area contributed by atoms with Crippen molar-refractivity contribution in [1.82, 2.24) is 4.90 Å². The van der Waals surface area contributed by atoms with Crippen molar-refractivity contribution in [3.63, 3.8) is 0 Å². The zero-order valence-electron chi connectivity index (χ0n) is 23.2. The van der Waals surface area contributed by atoms with Gasteiger partial charge in [-0.2, -0.15) is 13.2 Å². The third-order valence-corrected chi connectivity index (χ3v) is 8.07. The van der Waals surface area contributed by atoms with Crippen LogP contribution in [0.2, 0.25) is 0 Å². The molecule has 0 fully saturated rings. The Balaban J connectivity index is 1.65. The predicted octanol–water partition coefficient (Wildman–Crippen LogP) is 6.04. The maximum absolute atomic E-state index is 14.2. The van der Waals surface area contributed by atoms with Crippen molar-refractivity contribution >= 4 is 29.3 Å². The first kappa shape index (κ1) is 30.5. The molecule has 0 bridgehead atoms. The molecule has 6 nitrogen and oxygen atoms in total. The number of ether oxygens (including phenoxy) is 2. The van der Waals surface area contributed by atoms with E-state index < -0.39 is 35.6 Å². The number of anilines is 1. The van der Waals surface area contributed by atoms with E-state index in [0.717, 1.165) is 16.7 Å². The summed E-state index contributed by atoms with van der Waals surface area (Å²) in [5.74, 6) is -0.697. The second kappa shape index (κ2) is 13.4. The van der Waals surface area contributed by atoms with Crippen LogP contribution in [-0.4, -0.2) is 62.4 Å². The first-order valence-corrected chi connectivity index (χ1v) is 14.2. The van der Waals surface area contributed by atoms with Gasteiger partial charge in [0.25, 0.3) is 5.91 Å². The fraction of sp³-hybridized carbons (Fsp3) is 0.355. The number of hydrogen-bond donors (Lipinski definition) is 0. The standard InChI is InChI=1S/C31H33F3N2O4S/c1-21(37)40-29-25(22-12-14-23(39-3)15-13-22)20-26-27(31(32,33)34)10-7-11-28(26)36(30(29)38)17-16-35(2)18-19-41-24-8-5-4-6-9-24/h4-15,25,29H,16-20H2,1-3H3/t25-,29+/m0/s1. The largest absolute Gasteiger partial charge is 0.497 e. The average Bonchev–Trinajstić information content (AvgIpc) is 3.06. The Morgan fingerprint density at radius 2 is 1.73 bits per heavy atom. The summed E-state index contributed by atoms with van der Waals surface area (Å²) in [7, 11) is 3.41. The SMILES string of the molecule is COc1ccc([C@@H]2Cc3c(cccc3C(F)(F)F)N(CCN(C)CCSc3ccccc3)C(=O)[C@@H]2OC(C)=O)cc1. The van der Waals surface area contributed by atoms with Crippen LogP contribution in [-0.2, 0) is 26.9 Å². The zero-order valence-corrected chi connectivity index (χ0v) is 24.0. The van der Waals surface area contributed by atoms with E-state index in [-0.39, 0.29) is 24.2 Å². The molecule has 1 aliphatic rings. The van der Waals surface area contributed by atoms with Gasteiger partial charge in [0.2, 0.25) is 0 Å². The van der Waals surface area contributed by atoms with Gasteiger partial charge in [-0.15, -0.1) is 11.8 Å². The van der Waals surface area contributed by atoms with Gasteiger partial charge in [-0.1, -0.05) is 36.4 Å². The lowest BCUT2D eigenvalue weighted by Crippen LogP contribution is -2.46. The Morgan fingerprint density at radius 3 is 2.37 bits per heavy atom. The number of fused-ring (bicyclic) bond motifs is 1.